The van der Waals surface area contributed by atoms with Crippen LogP contribution >= 0.6 is 0 Å². The molecular formula is C14H19FN2O. The van der Waals surface area contributed by atoms with Crippen molar-refractivity contribution < 1.29 is 9.18 Å². The summed E-state index contributed by atoms with van der Waals surface area (Å²) in [7, 11) is 0. The van der Waals surface area contributed by atoms with E-state index in [4.69, 9.17) is 0 Å². The highest BCUT2D eigenvalue weighted by Crippen LogP contribution is 2.23. The summed E-state index contributed by atoms with van der Waals surface area (Å²) >= 11 is 0. The number of carbonyl (C=O) groups excluding carboxylic acids is 1. The van der Waals surface area contributed by atoms with Gasteiger partial charge in [0.25, 0.3) is 0 Å². The number of nitrogens with one attached hydrogen (secondary N) is 2. The van der Waals surface area contributed by atoms with Gasteiger partial charge in [-0.3, -0.25) is 0 Å². The van der Waals surface area contributed by atoms with E-state index in [-0.39, 0.29) is 17.9 Å². The van der Waals surface area contributed by atoms with Crippen LogP contribution in [0.5, 0.6) is 0 Å². The molecule has 0 atom stereocenters. The molecule has 1 saturated carbocycles. The Morgan fingerprint density at radius 3 is 2.39 bits per heavy atom. The lowest BCUT2D eigenvalue weighted by atomic mass is 9.87. The molecule has 1 fully saturated rings. The molecule has 0 bridgehead atoms. The quantitative estimate of drug-likeness (QED) is 0.828. The van der Waals surface area contributed by atoms with E-state index in [1.807, 2.05) is 0 Å². The smallest absolute Gasteiger partial charge is 0.319 e. The van der Waals surface area contributed by atoms with Gasteiger partial charge in [0.15, 0.2) is 0 Å². The lowest BCUT2D eigenvalue weighted by Gasteiger charge is -2.26. The summed E-state index contributed by atoms with van der Waals surface area (Å²) in [5, 5.41) is 5.67. The third-order valence-electron chi connectivity index (χ3n) is 3.45. The predicted octanol–water partition coefficient (Wildman–Crippen LogP) is 3.53. The van der Waals surface area contributed by atoms with Crippen LogP contribution in [0.25, 0.3) is 0 Å². The maximum Gasteiger partial charge on any atom is 0.319 e. The van der Waals surface area contributed by atoms with Crippen molar-refractivity contribution in [2.24, 2.45) is 5.92 Å². The van der Waals surface area contributed by atoms with Gasteiger partial charge in [0.2, 0.25) is 0 Å². The summed E-state index contributed by atoms with van der Waals surface area (Å²) in [6.45, 7) is 2.24. The van der Waals surface area contributed by atoms with E-state index in [2.05, 4.69) is 17.6 Å². The van der Waals surface area contributed by atoms with Crippen molar-refractivity contribution in [3.63, 3.8) is 0 Å². The van der Waals surface area contributed by atoms with E-state index in [0.29, 0.717) is 5.69 Å². The fraction of sp³-hybridized carbons (Fsp3) is 0.500. The zero-order valence-corrected chi connectivity index (χ0v) is 10.6. The minimum atomic E-state index is -0.303. The van der Waals surface area contributed by atoms with Gasteiger partial charge in [-0.1, -0.05) is 6.92 Å². The average Bonchev–Trinajstić information content (AvgIpc) is 2.35. The second kappa shape index (κ2) is 5.85. The summed E-state index contributed by atoms with van der Waals surface area (Å²) in [5.74, 6) is 0.463. The molecule has 0 unspecified atom stereocenters. The first-order valence-electron chi connectivity index (χ1n) is 6.46. The molecule has 0 saturated heterocycles. The van der Waals surface area contributed by atoms with Crippen LogP contribution in [0.1, 0.15) is 32.6 Å². The van der Waals surface area contributed by atoms with Crippen LogP contribution in [0.4, 0.5) is 14.9 Å². The molecule has 98 valence electrons. The molecule has 2 rings (SSSR count). The van der Waals surface area contributed by atoms with Crippen molar-refractivity contribution in [3.05, 3.63) is 30.1 Å². The number of hydrogen-bond acceptors (Lipinski definition) is 1. The van der Waals surface area contributed by atoms with Crippen LogP contribution in [-0.2, 0) is 0 Å². The molecule has 4 heteroatoms. The number of halogens is 1. The second-order valence-corrected chi connectivity index (χ2v) is 5.06. The van der Waals surface area contributed by atoms with Crippen LogP contribution in [0.2, 0.25) is 0 Å². The zero-order valence-electron chi connectivity index (χ0n) is 10.6. The summed E-state index contributed by atoms with van der Waals surface area (Å²) in [6, 6.07) is 5.83. The van der Waals surface area contributed by atoms with Gasteiger partial charge in [-0.05, 0) is 55.9 Å². The minimum absolute atomic E-state index is 0.207. The Labute approximate surface area is 107 Å². The molecule has 0 aliphatic heterocycles. The van der Waals surface area contributed by atoms with Crippen LogP contribution in [0.3, 0.4) is 0 Å². The first-order chi connectivity index (χ1) is 8.63. The number of rotatable bonds is 2. The topological polar surface area (TPSA) is 41.1 Å². The number of hydrogen-bond donors (Lipinski definition) is 2. The summed E-state index contributed by atoms with van der Waals surface area (Å²) < 4.78 is 12.7. The standard InChI is InChI=1S/C14H19FN2O/c1-10-2-6-12(7-3-10)16-14(18)17-13-8-4-11(15)5-9-13/h4-5,8-10,12H,2-3,6-7H2,1H3,(H2,16,17,18). The Bertz CT molecular complexity index is 397. The maximum absolute atomic E-state index is 12.7. The van der Waals surface area contributed by atoms with Crippen LogP contribution in [0, 0.1) is 11.7 Å². The lowest BCUT2D eigenvalue weighted by molar-refractivity contribution is 0.239. The Hall–Kier alpha value is -1.58. The SMILES string of the molecule is CC1CCC(NC(=O)Nc2ccc(F)cc2)CC1. The van der Waals surface area contributed by atoms with Crippen molar-refractivity contribution in [1.82, 2.24) is 5.32 Å². The zero-order chi connectivity index (χ0) is 13.0. The van der Waals surface area contributed by atoms with E-state index in [1.165, 1.54) is 25.0 Å². The number of amides is 2. The molecule has 1 aliphatic carbocycles. The van der Waals surface area contributed by atoms with E-state index in [0.717, 1.165) is 18.8 Å². The lowest BCUT2D eigenvalue weighted by Crippen LogP contribution is -2.39. The third-order valence-corrected chi connectivity index (χ3v) is 3.45. The molecule has 0 radical (unpaired) electrons. The Kier molecular flexibility index (Phi) is 4.18. The predicted molar refractivity (Wildman–Crippen MR) is 70.0 cm³/mol. The highest BCUT2D eigenvalue weighted by Gasteiger charge is 2.19. The number of carbonyl (C=O) groups is 1. The molecule has 1 aromatic rings. The van der Waals surface area contributed by atoms with Crippen molar-refractivity contribution in [2.75, 3.05) is 5.32 Å². The molecular weight excluding hydrogens is 231 g/mol. The molecule has 1 aromatic carbocycles. The molecule has 18 heavy (non-hydrogen) atoms. The largest absolute Gasteiger partial charge is 0.335 e. The van der Waals surface area contributed by atoms with Gasteiger partial charge in [0.05, 0.1) is 0 Å². The van der Waals surface area contributed by atoms with Crippen molar-refractivity contribution in [1.29, 1.82) is 0 Å². The van der Waals surface area contributed by atoms with Crippen LogP contribution in [0.15, 0.2) is 24.3 Å². The van der Waals surface area contributed by atoms with Crippen LogP contribution < -0.4 is 10.6 Å². The van der Waals surface area contributed by atoms with Gasteiger partial charge < -0.3 is 10.6 Å². The Morgan fingerprint density at radius 2 is 1.78 bits per heavy atom. The van der Waals surface area contributed by atoms with E-state index < -0.39 is 0 Å². The van der Waals surface area contributed by atoms with E-state index in [9.17, 15) is 9.18 Å². The van der Waals surface area contributed by atoms with Gasteiger partial charge >= 0.3 is 6.03 Å². The van der Waals surface area contributed by atoms with E-state index >= 15 is 0 Å². The van der Waals surface area contributed by atoms with Gasteiger partial charge in [0, 0.05) is 11.7 Å². The molecule has 0 spiro atoms. The first kappa shape index (κ1) is 12.9. The number of urea groups is 1. The molecule has 0 heterocycles. The maximum atomic E-state index is 12.7. The number of benzene rings is 1. The van der Waals surface area contributed by atoms with Crippen LogP contribution in [-0.4, -0.2) is 12.1 Å². The van der Waals surface area contributed by atoms with Crippen molar-refractivity contribution >= 4 is 11.7 Å². The highest BCUT2D eigenvalue weighted by atomic mass is 19.1. The molecule has 2 N–H and O–H groups in total. The van der Waals surface area contributed by atoms with Crippen molar-refractivity contribution in [2.45, 2.75) is 38.6 Å². The van der Waals surface area contributed by atoms with Gasteiger partial charge in [0.1, 0.15) is 5.82 Å². The fourth-order valence-corrected chi connectivity index (χ4v) is 2.29. The highest BCUT2D eigenvalue weighted by molar-refractivity contribution is 5.89. The normalized spacial score (nSPS) is 23.4. The number of anilines is 1. The average molecular weight is 250 g/mol. The third kappa shape index (κ3) is 3.72. The first-order valence-corrected chi connectivity index (χ1v) is 6.46. The van der Waals surface area contributed by atoms with Gasteiger partial charge in [-0.15, -0.1) is 0 Å². The molecule has 1 aliphatic rings. The van der Waals surface area contributed by atoms with Crippen molar-refractivity contribution in [3.8, 4) is 0 Å². The van der Waals surface area contributed by atoms with Gasteiger partial charge in [-0.2, -0.15) is 0 Å². The summed E-state index contributed by atoms with van der Waals surface area (Å²) in [4.78, 5) is 11.7. The summed E-state index contributed by atoms with van der Waals surface area (Å²) in [5.41, 5.74) is 0.609. The van der Waals surface area contributed by atoms with E-state index in [1.54, 1.807) is 12.1 Å². The monoisotopic (exact) mass is 250 g/mol. The second-order valence-electron chi connectivity index (χ2n) is 5.06. The molecule has 2 amide bonds. The Morgan fingerprint density at radius 1 is 1.17 bits per heavy atom. The minimum Gasteiger partial charge on any atom is -0.335 e. The molecule has 3 nitrogen and oxygen atoms in total. The van der Waals surface area contributed by atoms with Gasteiger partial charge in [-0.25, -0.2) is 9.18 Å². The fourth-order valence-electron chi connectivity index (χ4n) is 2.29. The summed E-state index contributed by atoms with van der Waals surface area (Å²) in [6.07, 6.45) is 4.42. The Balaban J connectivity index is 1.80. The molecule has 0 aromatic heterocycles.